The second-order valence-electron chi connectivity index (χ2n) is 7.24. The van der Waals surface area contributed by atoms with Crippen molar-refractivity contribution in [2.75, 3.05) is 11.9 Å². The van der Waals surface area contributed by atoms with Crippen molar-refractivity contribution >= 4 is 34.2 Å². The van der Waals surface area contributed by atoms with Crippen LogP contribution in [0.4, 0.5) is 5.82 Å². The van der Waals surface area contributed by atoms with Crippen LogP contribution in [0.3, 0.4) is 0 Å². The van der Waals surface area contributed by atoms with Gasteiger partial charge in [0.2, 0.25) is 5.91 Å². The number of carbonyl (C=O) groups is 1. The van der Waals surface area contributed by atoms with Gasteiger partial charge in [0.25, 0.3) is 0 Å². The first-order valence-electron chi connectivity index (χ1n) is 9.65. The number of nitrogens with zero attached hydrogens (tertiary/aromatic N) is 2. The molecule has 3 aromatic rings. The smallest absolute Gasteiger partial charge is 0.222 e. The monoisotopic (exact) mass is 394 g/mol. The average molecular weight is 395 g/mol. The van der Waals surface area contributed by atoms with Crippen molar-refractivity contribution in [1.29, 1.82) is 0 Å². The lowest BCUT2D eigenvalue weighted by Crippen LogP contribution is -2.28. The average Bonchev–Trinajstić information content (AvgIpc) is 3.53. The Balaban J connectivity index is 1.40. The zero-order valence-corrected chi connectivity index (χ0v) is 16.5. The third kappa shape index (κ3) is 4.42. The molecule has 1 fully saturated rings. The van der Waals surface area contributed by atoms with Crippen molar-refractivity contribution in [3.63, 3.8) is 0 Å². The molecule has 144 valence electrons. The van der Waals surface area contributed by atoms with Crippen LogP contribution in [0.5, 0.6) is 0 Å². The molecule has 28 heavy (non-hydrogen) atoms. The minimum absolute atomic E-state index is 0.00711. The fourth-order valence-corrected chi connectivity index (χ4v) is 3.38. The summed E-state index contributed by atoms with van der Waals surface area (Å²) in [5.74, 6) is 2.08. The second kappa shape index (κ2) is 8.15. The number of aromatic nitrogens is 2. The number of anilines is 1. The maximum absolute atomic E-state index is 12.3. The lowest BCUT2D eigenvalue weighted by atomic mass is 10.1. The van der Waals surface area contributed by atoms with Gasteiger partial charge in [-0.3, -0.25) is 4.79 Å². The van der Waals surface area contributed by atoms with Gasteiger partial charge in [0.05, 0.1) is 11.6 Å². The van der Waals surface area contributed by atoms with E-state index >= 15 is 0 Å². The first kappa shape index (κ1) is 18.7. The first-order valence-corrected chi connectivity index (χ1v) is 10.0. The Morgan fingerprint density at radius 2 is 1.96 bits per heavy atom. The molecule has 0 saturated heterocycles. The highest BCUT2D eigenvalue weighted by Crippen LogP contribution is 2.39. The molecule has 1 aliphatic carbocycles. The van der Waals surface area contributed by atoms with Crippen LogP contribution in [0.25, 0.3) is 10.9 Å². The van der Waals surface area contributed by atoms with Gasteiger partial charge in [-0.2, -0.15) is 0 Å². The van der Waals surface area contributed by atoms with Crippen LogP contribution in [-0.2, 0) is 4.79 Å². The standard InChI is InChI=1S/C22H23ClN4O/c1-14(15-5-3-2-4-6-15)25-20(28)11-12-24-22-18-10-9-17(23)13-19(18)26-21(27-22)16-7-8-16/h2-6,9-10,13-14,16H,7-8,11-12H2,1H3,(H,25,28)(H,24,26,27)/t14-/m0/s1. The lowest BCUT2D eigenvalue weighted by Gasteiger charge is -2.15. The molecule has 0 unspecified atom stereocenters. The molecular weight excluding hydrogens is 372 g/mol. The summed E-state index contributed by atoms with van der Waals surface area (Å²) in [5, 5.41) is 7.94. The maximum atomic E-state index is 12.3. The quantitative estimate of drug-likeness (QED) is 0.601. The Labute approximate surface area is 169 Å². The summed E-state index contributed by atoms with van der Waals surface area (Å²) >= 11 is 6.13. The molecule has 0 spiro atoms. The van der Waals surface area contributed by atoms with E-state index in [1.165, 1.54) is 0 Å². The van der Waals surface area contributed by atoms with E-state index in [0.29, 0.717) is 23.9 Å². The number of benzene rings is 2. The van der Waals surface area contributed by atoms with Gasteiger partial charge >= 0.3 is 0 Å². The zero-order valence-electron chi connectivity index (χ0n) is 15.8. The molecule has 5 nitrogen and oxygen atoms in total. The van der Waals surface area contributed by atoms with Gasteiger partial charge in [-0.05, 0) is 43.5 Å². The highest BCUT2D eigenvalue weighted by atomic mass is 35.5. The molecule has 2 aromatic carbocycles. The molecule has 6 heteroatoms. The lowest BCUT2D eigenvalue weighted by molar-refractivity contribution is -0.121. The van der Waals surface area contributed by atoms with Crippen LogP contribution < -0.4 is 10.6 Å². The summed E-state index contributed by atoms with van der Waals surface area (Å²) in [7, 11) is 0. The van der Waals surface area contributed by atoms with Gasteiger partial charge in [0.1, 0.15) is 11.6 Å². The normalized spacial score (nSPS) is 14.6. The maximum Gasteiger partial charge on any atom is 0.222 e. The number of carbonyl (C=O) groups excluding carboxylic acids is 1. The predicted molar refractivity (Wildman–Crippen MR) is 113 cm³/mol. The summed E-state index contributed by atoms with van der Waals surface area (Å²) in [6.45, 7) is 2.50. The molecule has 4 rings (SSSR count). The molecular formula is C22H23ClN4O. The molecule has 1 atom stereocenters. The summed E-state index contributed by atoms with van der Waals surface area (Å²) in [6, 6.07) is 15.6. The van der Waals surface area contributed by atoms with E-state index < -0.39 is 0 Å². The van der Waals surface area contributed by atoms with E-state index in [1.807, 2.05) is 55.5 Å². The van der Waals surface area contributed by atoms with E-state index in [1.54, 1.807) is 0 Å². The summed E-state index contributed by atoms with van der Waals surface area (Å²) in [6.07, 6.45) is 2.63. The van der Waals surface area contributed by atoms with Crippen LogP contribution in [0, 0.1) is 0 Å². The van der Waals surface area contributed by atoms with Crippen molar-refractivity contribution < 1.29 is 4.79 Å². The summed E-state index contributed by atoms with van der Waals surface area (Å²) < 4.78 is 0. The van der Waals surface area contributed by atoms with Crippen molar-refractivity contribution in [3.05, 3.63) is 64.9 Å². The molecule has 1 heterocycles. The Morgan fingerprint density at radius 3 is 2.71 bits per heavy atom. The van der Waals surface area contributed by atoms with Gasteiger partial charge in [-0.1, -0.05) is 41.9 Å². The molecule has 0 radical (unpaired) electrons. The van der Waals surface area contributed by atoms with Gasteiger partial charge < -0.3 is 10.6 Å². The molecule has 1 aromatic heterocycles. The Kier molecular flexibility index (Phi) is 5.44. The van der Waals surface area contributed by atoms with Crippen LogP contribution in [0.2, 0.25) is 5.02 Å². The number of hydrogen-bond acceptors (Lipinski definition) is 4. The first-order chi connectivity index (χ1) is 13.6. The predicted octanol–water partition coefficient (Wildman–Crippen LogP) is 4.84. The Hall–Kier alpha value is -2.66. The largest absolute Gasteiger partial charge is 0.369 e. The number of hydrogen-bond donors (Lipinski definition) is 2. The Bertz CT molecular complexity index is 988. The molecule has 1 saturated carbocycles. The number of rotatable bonds is 7. The Morgan fingerprint density at radius 1 is 1.18 bits per heavy atom. The van der Waals surface area contributed by atoms with E-state index in [9.17, 15) is 4.79 Å². The highest BCUT2D eigenvalue weighted by molar-refractivity contribution is 6.31. The number of amides is 1. The SMILES string of the molecule is C[C@H](NC(=O)CCNc1nc(C2CC2)nc2cc(Cl)ccc12)c1ccccc1. The van der Waals surface area contributed by atoms with E-state index in [-0.39, 0.29) is 11.9 Å². The van der Waals surface area contributed by atoms with Crippen LogP contribution in [-0.4, -0.2) is 22.4 Å². The van der Waals surface area contributed by atoms with E-state index in [0.717, 1.165) is 41.0 Å². The minimum Gasteiger partial charge on any atom is -0.369 e. The van der Waals surface area contributed by atoms with Crippen molar-refractivity contribution in [1.82, 2.24) is 15.3 Å². The fourth-order valence-electron chi connectivity index (χ4n) is 3.21. The number of fused-ring (bicyclic) bond motifs is 1. The third-order valence-electron chi connectivity index (χ3n) is 4.94. The topological polar surface area (TPSA) is 66.9 Å². The van der Waals surface area contributed by atoms with Crippen molar-refractivity contribution in [2.24, 2.45) is 0 Å². The van der Waals surface area contributed by atoms with Gasteiger partial charge in [-0.15, -0.1) is 0 Å². The molecule has 1 aliphatic rings. The highest BCUT2D eigenvalue weighted by Gasteiger charge is 2.27. The van der Waals surface area contributed by atoms with Crippen LogP contribution >= 0.6 is 11.6 Å². The van der Waals surface area contributed by atoms with Crippen LogP contribution in [0.15, 0.2) is 48.5 Å². The van der Waals surface area contributed by atoms with Crippen molar-refractivity contribution in [3.8, 4) is 0 Å². The molecule has 1 amide bonds. The van der Waals surface area contributed by atoms with E-state index in [2.05, 4.69) is 15.6 Å². The van der Waals surface area contributed by atoms with Gasteiger partial charge in [-0.25, -0.2) is 9.97 Å². The minimum atomic E-state index is -0.0165. The second-order valence-corrected chi connectivity index (χ2v) is 7.68. The van der Waals surface area contributed by atoms with E-state index in [4.69, 9.17) is 16.6 Å². The zero-order chi connectivity index (χ0) is 19.5. The van der Waals surface area contributed by atoms with Gasteiger partial charge in [0, 0.05) is 29.3 Å². The van der Waals surface area contributed by atoms with Crippen LogP contribution in [0.1, 0.15) is 49.5 Å². The number of halogens is 1. The summed E-state index contributed by atoms with van der Waals surface area (Å²) in [5.41, 5.74) is 1.94. The summed E-state index contributed by atoms with van der Waals surface area (Å²) in [4.78, 5) is 21.7. The van der Waals surface area contributed by atoms with Gasteiger partial charge in [0.15, 0.2) is 0 Å². The fraction of sp³-hybridized carbons (Fsp3) is 0.318. The molecule has 0 aliphatic heterocycles. The number of nitrogens with one attached hydrogen (secondary N) is 2. The van der Waals surface area contributed by atoms with Crippen molar-refractivity contribution in [2.45, 2.75) is 38.1 Å². The molecule has 2 N–H and O–H groups in total. The molecule has 0 bridgehead atoms. The third-order valence-corrected chi connectivity index (χ3v) is 5.18.